The van der Waals surface area contributed by atoms with Gasteiger partial charge in [-0.3, -0.25) is 14.5 Å². The van der Waals surface area contributed by atoms with Gasteiger partial charge in [0.05, 0.1) is 6.04 Å². The van der Waals surface area contributed by atoms with Gasteiger partial charge in [-0.25, -0.2) is 9.18 Å². The molecule has 3 aromatic rings. The van der Waals surface area contributed by atoms with Gasteiger partial charge in [0.2, 0.25) is 5.91 Å². The molecule has 1 heterocycles. The summed E-state index contributed by atoms with van der Waals surface area (Å²) in [4.78, 5) is 43.5. The van der Waals surface area contributed by atoms with Crippen molar-refractivity contribution in [3.8, 4) is 11.5 Å². The van der Waals surface area contributed by atoms with Crippen molar-refractivity contribution >= 4 is 35.2 Å². The molecule has 8 nitrogen and oxygen atoms in total. The van der Waals surface area contributed by atoms with E-state index in [-0.39, 0.29) is 25.6 Å². The lowest BCUT2D eigenvalue weighted by Crippen LogP contribution is -2.59. The third-order valence-electron chi connectivity index (χ3n) is 6.90. The second kappa shape index (κ2) is 12.8. The van der Waals surface area contributed by atoms with Crippen LogP contribution in [0.25, 0.3) is 0 Å². The molecule has 0 bridgehead atoms. The predicted molar refractivity (Wildman–Crippen MR) is 150 cm³/mol. The number of hydrogen-bond donors (Lipinski definition) is 1. The second-order valence-electron chi connectivity index (χ2n) is 9.83. The normalized spacial score (nSPS) is 16.0. The van der Waals surface area contributed by atoms with Crippen LogP contribution in [0.4, 0.5) is 14.9 Å². The van der Waals surface area contributed by atoms with E-state index < -0.39 is 41.7 Å². The summed E-state index contributed by atoms with van der Waals surface area (Å²) in [7, 11) is 0. The molecular formula is C30H31ClFN3O5. The molecule has 1 aliphatic heterocycles. The molecule has 0 saturated carbocycles. The van der Waals surface area contributed by atoms with E-state index in [1.807, 2.05) is 44.2 Å². The molecule has 1 N–H and O–H groups in total. The van der Waals surface area contributed by atoms with Gasteiger partial charge in [-0.1, -0.05) is 44.2 Å². The first kappa shape index (κ1) is 28.9. The lowest BCUT2D eigenvalue weighted by Gasteiger charge is -2.44. The SMILES string of the molecule is CC(C)[C@@H]1CN(C(=O)C(c2ccc(F)cc2)N(C(=O)CCl)c2ccc(Oc3ccccc3)cc2)CCN1C(=O)O. The van der Waals surface area contributed by atoms with Crippen LogP contribution in [-0.4, -0.2) is 64.4 Å². The molecule has 1 saturated heterocycles. The monoisotopic (exact) mass is 567 g/mol. The second-order valence-corrected chi connectivity index (χ2v) is 10.1. The zero-order valence-corrected chi connectivity index (χ0v) is 23.0. The van der Waals surface area contributed by atoms with Crippen molar-refractivity contribution < 1.29 is 28.6 Å². The van der Waals surface area contributed by atoms with Gasteiger partial charge in [-0.2, -0.15) is 0 Å². The Balaban J connectivity index is 1.70. The van der Waals surface area contributed by atoms with Crippen LogP contribution in [0.15, 0.2) is 78.9 Å². The summed E-state index contributed by atoms with van der Waals surface area (Å²) < 4.78 is 19.7. The molecule has 1 aliphatic rings. The summed E-state index contributed by atoms with van der Waals surface area (Å²) >= 11 is 6.03. The topological polar surface area (TPSA) is 90.4 Å². The van der Waals surface area contributed by atoms with E-state index in [2.05, 4.69) is 0 Å². The number of rotatable bonds is 8. The number of hydrogen-bond acceptors (Lipinski definition) is 4. The van der Waals surface area contributed by atoms with Crippen LogP contribution in [0.3, 0.4) is 0 Å². The van der Waals surface area contributed by atoms with Gasteiger partial charge >= 0.3 is 6.09 Å². The molecule has 4 rings (SSSR count). The van der Waals surface area contributed by atoms with Gasteiger partial charge in [0, 0.05) is 25.3 Å². The van der Waals surface area contributed by atoms with E-state index >= 15 is 0 Å². The summed E-state index contributed by atoms with van der Waals surface area (Å²) in [5.41, 5.74) is 0.801. The van der Waals surface area contributed by atoms with Crippen molar-refractivity contribution in [1.29, 1.82) is 0 Å². The van der Waals surface area contributed by atoms with Gasteiger partial charge in [0.1, 0.15) is 29.2 Å². The van der Waals surface area contributed by atoms with E-state index in [1.165, 1.54) is 34.1 Å². The third-order valence-corrected chi connectivity index (χ3v) is 7.13. The van der Waals surface area contributed by atoms with Crippen molar-refractivity contribution in [1.82, 2.24) is 9.80 Å². The Hall–Kier alpha value is -4.11. The maximum Gasteiger partial charge on any atom is 0.407 e. The Morgan fingerprint density at radius 2 is 1.60 bits per heavy atom. The fourth-order valence-corrected chi connectivity index (χ4v) is 4.97. The molecule has 1 fully saturated rings. The molecule has 2 atom stereocenters. The fourth-order valence-electron chi connectivity index (χ4n) is 4.84. The first-order valence-corrected chi connectivity index (χ1v) is 13.5. The molecule has 0 aromatic heterocycles. The molecule has 0 spiro atoms. The number of anilines is 1. The fraction of sp³-hybridized carbons (Fsp3) is 0.300. The number of carboxylic acid groups (broad SMARTS) is 1. The van der Waals surface area contributed by atoms with E-state index in [0.29, 0.717) is 22.7 Å². The van der Waals surface area contributed by atoms with Crippen molar-refractivity contribution in [2.24, 2.45) is 5.92 Å². The van der Waals surface area contributed by atoms with Crippen LogP contribution in [0.2, 0.25) is 0 Å². The number of nitrogens with zero attached hydrogens (tertiary/aromatic N) is 3. The summed E-state index contributed by atoms with van der Waals surface area (Å²) in [5, 5.41) is 9.66. The third kappa shape index (κ3) is 6.54. The molecule has 3 amide bonds. The molecule has 1 unspecified atom stereocenters. The lowest BCUT2D eigenvalue weighted by atomic mass is 9.97. The van der Waals surface area contributed by atoms with Crippen LogP contribution in [0.5, 0.6) is 11.5 Å². The quantitative estimate of drug-likeness (QED) is 0.349. The van der Waals surface area contributed by atoms with Crippen molar-refractivity contribution in [2.75, 3.05) is 30.4 Å². The highest BCUT2D eigenvalue weighted by Gasteiger charge is 2.40. The highest BCUT2D eigenvalue weighted by Crippen LogP contribution is 2.33. The van der Waals surface area contributed by atoms with Crippen molar-refractivity contribution in [3.63, 3.8) is 0 Å². The van der Waals surface area contributed by atoms with Crippen LogP contribution in [0.1, 0.15) is 25.5 Å². The standard InChI is InChI=1S/C30H31ClFN3O5/c1-20(2)26-19-33(16-17-34(26)30(38)39)29(37)28(21-8-10-22(32)11-9-21)35(27(36)18-31)23-12-14-25(15-13-23)40-24-6-4-3-5-7-24/h3-15,20,26,28H,16-19H2,1-2H3,(H,38,39)/t26-,28?/m0/s1. The van der Waals surface area contributed by atoms with E-state index in [4.69, 9.17) is 16.3 Å². The van der Waals surface area contributed by atoms with E-state index in [1.54, 1.807) is 29.2 Å². The van der Waals surface area contributed by atoms with Gasteiger partial charge < -0.3 is 19.6 Å². The molecule has 0 aliphatic carbocycles. The number of halogens is 2. The van der Waals surface area contributed by atoms with Crippen LogP contribution < -0.4 is 9.64 Å². The number of ether oxygens (including phenoxy) is 1. The maximum atomic E-state index is 14.2. The van der Waals surface area contributed by atoms with Crippen molar-refractivity contribution in [2.45, 2.75) is 25.9 Å². The summed E-state index contributed by atoms with van der Waals surface area (Å²) in [5.74, 6) is -0.688. The number of piperazine rings is 1. The number of para-hydroxylation sites is 1. The number of carbonyl (C=O) groups is 3. The Labute approximate surface area is 237 Å². The average molecular weight is 568 g/mol. The first-order chi connectivity index (χ1) is 19.2. The number of alkyl halides is 1. The van der Waals surface area contributed by atoms with Crippen LogP contribution in [-0.2, 0) is 9.59 Å². The van der Waals surface area contributed by atoms with E-state index in [9.17, 15) is 23.9 Å². The highest BCUT2D eigenvalue weighted by atomic mass is 35.5. The Bertz CT molecular complexity index is 1320. The Morgan fingerprint density at radius 3 is 2.17 bits per heavy atom. The number of benzene rings is 3. The minimum absolute atomic E-state index is 0.0475. The zero-order chi connectivity index (χ0) is 28.8. The molecule has 210 valence electrons. The first-order valence-electron chi connectivity index (χ1n) is 12.9. The number of amides is 3. The number of carbonyl (C=O) groups excluding carboxylic acids is 2. The smallest absolute Gasteiger partial charge is 0.407 e. The molecular weight excluding hydrogens is 537 g/mol. The Kier molecular flexibility index (Phi) is 9.26. The molecule has 10 heteroatoms. The van der Waals surface area contributed by atoms with Crippen molar-refractivity contribution in [3.05, 3.63) is 90.2 Å². The van der Waals surface area contributed by atoms with Gasteiger partial charge in [-0.05, 0) is 60.0 Å². The zero-order valence-electron chi connectivity index (χ0n) is 22.2. The minimum Gasteiger partial charge on any atom is -0.465 e. The minimum atomic E-state index is -1.16. The van der Waals surface area contributed by atoms with Gasteiger partial charge in [0.25, 0.3) is 5.91 Å². The highest BCUT2D eigenvalue weighted by molar-refractivity contribution is 6.29. The average Bonchev–Trinajstić information content (AvgIpc) is 2.96. The predicted octanol–water partition coefficient (Wildman–Crippen LogP) is 5.78. The Morgan fingerprint density at radius 1 is 0.975 bits per heavy atom. The molecule has 40 heavy (non-hydrogen) atoms. The maximum absolute atomic E-state index is 14.2. The van der Waals surface area contributed by atoms with Gasteiger partial charge in [0.15, 0.2) is 0 Å². The summed E-state index contributed by atoms with van der Waals surface area (Å²) in [6.45, 7) is 4.24. The lowest BCUT2D eigenvalue weighted by molar-refractivity contribution is -0.137. The molecule has 0 radical (unpaired) electrons. The van der Waals surface area contributed by atoms with E-state index in [0.717, 1.165) is 0 Å². The molecule has 3 aromatic carbocycles. The summed E-state index contributed by atoms with van der Waals surface area (Å²) in [6, 6.07) is 19.7. The summed E-state index contributed by atoms with van der Waals surface area (Å²) in [6.07, 6.45) is -1.04. The largest absolute Gasteiger partial charge is 0.465 e. The van der Waals surface area contributed by atoms with Crippen LogP contribution >= 0.6 is 11.6 Å². The van der Waals surface area contributed by atoms with Crippen LogP contribution in [0, 0.1) is 11.7 Å². The van der Waals surface area contributed by atoms with Gasteiger partial charge in [-0.15, -0.1) is 11.6 Å².